The van der Waals surface area contributed by atoms with Gasteiger partial charge in [-0.25, -0.2) is 13.1 Å². The second-order valence-corrected chi connectivity index (χ2v) is 10.4. The van der Waals surface area contributed by atoms with Crippen molar-refractivity contribution in [2.24, 2.45) is 10.9 Å². The van der Waals surface area contributed by atoms with Crippen molar-refractivity contribution in [1.82, 2.24) is 15.4 Å². The Morgan fingerprint density at radius 2 is 2.06 bits per heavy atom. The van der Waals surface area contributed by atoms with Gasteiger partial charge >= 0.3 is 0 Å². The fourth-order valence-corrected chi connectivity index (χ4v) is 5.17. The summed E-state index contributed by atoms with van der Waals surface area (Å²) in [5.41, 5.74) is 7.66. The monoisotopic (exact) mass is 473 g/mol. The van der Waals surface area contributed by atoms with Gasteiger partial charge in [0.2, 0.25) is 15.9 Å². The summed E-state index contributed by atoms with van der Waals surface area (Å²) in [6.07, 6.45) is 3.04. The Morgan fingerprint density at radius 3 is 2.65 bits per heavy atom. The number of nitrogens with two attached hydrogens (primary N) is 1. The van der Waals surface area contributed by atoms with E-state index in [1.54, 1.807) is 6.07 Å². The van der Waals surface area contributed by atoms with E-state index in [0.29, 0.717) is 24.3 Å². The van der Waals surface area contributed by atoms with Gasteiger partial charge in [0, 0.05) is 17.1 Å². The van der Waals surface area contributed by atoms with Gasteiger partial charge in [-0.15, -0.1) is 11.3 Å². The van der Waals surface area contributed by atoms with Gasteiger partial charge in [-0.3, -0.25) is 4.79 Å². The van der Waals surface area contributed by atoms with Crippen molar-refractivity contribution in [3.63, 3.8) is 0 Å². The average molecular weight is 474 g/mol. The van der Waals surface area contributed by atoms with E-state index in [1.807, 2.05) is 19.9 Å². The van der Waals surface area contributed by atoms with Crippen LogP contribution in [0.4, 0.5) is 0 Å². The van der Waals surface area contributed by atoms with Crippen LogP contribution in [-0.2, 0) is 21.4 Å². The number of carbonyl (C=O) groups is 1. The second-order valence-electron chi connectivity index (χ2n) is 7.38. The predicted octanol–water partition coefficient (Wildman–Crippen LogP) is 0.565. The summed E-state index contributed by atoms with van der Waals surface area (Å²) in [4.78, 5) is 14.2. The lowest BCUT2D eigenvalue weighted by molar-refractivity contribution is -0.124. The number of sulfonamides is 1. The SMILES string of the molecule is CCCCS(=O)(=O)N[C@H](CO)C(=O)N[C@@H](C)C(NCc1ccc(/C(N)=N/O)s1)=C1CC1. The van der Waals surface area contributed by atoms with Gasteiger partial charge in [0.25, 0.3) is 0 Å². The van der Waals surface area contributed by atoms with Crippen molar-refractivity contribution in [3.8, 4) is 0 Å². The number of aliphatic hydroxyl groups excluding tert-OH is 1. The number of nitrogens with zero attached hydrogens (tertiary/aromatic N) is 1. The lowest BCUT2D eigenvalue weighted by atomic mass is 10.2. The second kappa shape index (κ2) is 11.5. The van der Waals surface area contributed by atoms with Crippen LogP contribution in [-0.4, -0.2) is 54.9 Å². The number of rotatable bonds is 13. The largest absolute Gasteiger partial charge is 0.409 e. The van der Waals surface area contributed by atoms with Crippen molar-refractivity contribution in [2.75, 3.05) is 12.4 Å². The molecule has 1 saturated carbocycles. The molecule has 12 heteroatoms. The van der Waals surface area contributed by atoms with E-state index in [4.69, 9.17) is 10.9 Å². The lowest BCUT2D eigenvalue weighted by Crippen LogP contribution is -2.52. The first-order valence-corrected chi connectivity index (χ1v) is 12.6. The number of unbranched alkanes of at least 4 members (excludes halogenated alkanes) is 1. The molecule has 1 aliphatic carbocycles. The normalized spacial score (nSPS) is 16.0. The van der Waals surface area contributed by atoms with Gasteiger partial charge in [0.15, 0.2) is 5.84 Å². The van der Waals surface area contributed by atoms with E-state index in [-0.39, 0.29) is 17.6 Å². The van der Waals surface area contributed by atoms with E-state index < -0.39 is 28.6 Å². The minimum atomic E-state index is -3.65. The van der Waals surface area contributed by atoms with Crippen LogP contribution in [0.5, 0.6) is 0 Å². The Balaban J connectivity index is 1.97. The quantitative estimate of drug-likeness (QED) is 0.105. The highest BCUT2D eigenvalue weighted by molar-refractivity contribution is 7.89. The van der Waals surface area contributed by atoms with Crippen molar-refractivity contribution in [1.29, 1.82) is 0 Å². The molecule has 1 aromatic rings. The van der Waals surface area contributed by atoms with Crippen LogP contribution in [0.15, 0.2) is 28.6 Å². The van der Waals surface area contributed by atoms with Gasteiger partial charge in [0.1, 0.15) is 6.04 Å². The van der Waals surface area contributed by atoms with Crippen molar-refractivity contribution in [3.05, 3.63) is 33.2 Å². The molecule has 0 aromatic carbocycles. The van der Waals surface area contributed by atoms with Crippen molar-refractivity contribution >= 4 is 33.1 Å². The molecule has 7 N–H and O–H groups in total. The molecule has 10 nitrogen and oxygen atoms in total. The van der Waals surface area contributed by atoms with Gasteiger partial charge < -0.3 is 26.7 Å². The fraction of sp³-hybridized carbons (Fsp3) is 0.579. The van der Waals surface area contributed by atoms with Crippen LogP contribution >= 0.6 is 11.3 Å². The molecular formula is C19H31N5O5S2. The Kier molecular flexibility index (Phi) is 9.29. The van der Waals surface area contributed by atoms with E-state index in [9.17, 15) is 18.3 Å². The van der Waals surface area contributed by atoms with Crippen LogP contribution in [0.2, 0.25) is 0 Å². The third-order valence-electron chi connectivity index (χ3n) is 4.74. The smallest absolute Gasteiger partial charge is 0.241 e. The summed E-state index contributed by atoms with van der Waals surface area (Å²) in [5, 5.41) is 27.4. The summed E-state index contributed by atoms with van der Waals surface area (Å²) in [6.45, 7) is 3.55. The number of allylic oxidation sites excluding steroid dienone is 1. The van der Waals surface area contributed by atoms with Crippen LogP contribution in [0.25, 0.3) is 0 Å². The lowest BCUT2D eigenvalue weighted by Gasteiger charge is -2.23. The fourth-order valence-electron chi connectivity index (χ4n) is 2.93. The molecule has 1 aromatic heterocycles. The zero-order valence-electron chi connectivity index (χ0n) is 17.7. The number of amidine groups is 1. The number of amides is 1. The van der Waals surface area contributed by atoms with Crippen molar-refractivity contribution < 1.29 is 23.5 Å². The average Bonchev–Trinajstić information content (AvgIpc) is 3.46. The number of nitrogens with one attached hydrogen (secondary N) is 3. The molecular weight excluding hydrogens is 442 g/mol. The highest BCUT2D eigenvalue weighted by atomic mass is 32.2. The van der Waals surface area contributed by atoms with Crippen LogP contribution in [0.3, 0.4) is 0 Å². The molecule has 1 heterocycles. The van der Waals surface area contributed by atoms with Gasteiger partial charge in [-0.1, -0.05) is 18.5 Å². The van der Waals surface area contributed by atoms with E-state index in [2.05, 4.69) is 20.5 Å². The van der Waals surface area contributed by atoms with Crippen LogP contribution in [0.1, 0.15) is 49.3 Å². The first-order chi connectivity index (χ1) is 14.7. The highest BCUT2D eigenvalue weighted by Crippen LogP contribution is 2.32. The van der Waals surface area contributed by atoms with E-state index in [0.717, 1.165) is 23.4 Å². The zero-order chi connectivity index (χ0) is 23.0. The first-order valence-electron chi connectivity index (χ1n) is 10.1. The Hall–Kier alpha value is -2.15. The van der Waals surface area contributed by atoms with Gasteiger partial charge in [-0.2, -0.15) is 0 Å². The highest BCUT2D eigenvalue weighted by Gasteiger charge is 2.28. The molecule has 1 aliphatic rings. The maximum atomic E-state index is 12.6. The summed E-state index contributed by atoms with van der Waals surface area (Å²) in [6, 6.07) is 2.01. The standard InChI is InChI=1S/C19H31N5O5S2/c1-3-4-9-31(28,29)24-15(11-25)19(26)22-12(2)17(13-5-6-13)21-10-14-7-8-16(30-14)18(20)23-27/h7-8,12,15,21,24-25,27H,3-6,9-11H2,1-2H3,(H2,20,23)(H,22,26)/t12-,15+/m0/s1. The van der Waals surface area contributed by atoms with Crippen LogP contribution < -0.4 is 21.1 Å². The molecule has 1 fully saturated rings. The third-order valence-corrected chi connectivity index (χ3v) is 7.31. The molecule has 0 unspecified atom stereocenters. The molecule has 2 rings (SSSR count). The molecule has 0 aliphatic heterocycles. The molecule has 1 amide bonds. The minimum Gasteiger partial charge on any atom is -0.409 e. The summed E-state index contributed by atoms with van der Waals surface area (Å²) >= 11 is 1.39. The molecule has 0 radical (unpaired) electrons. The van der Waals surface area contributed by atoms with Gasteiger partial charge in [-0.05, 0) is 43.9 Å². The summed E-state index contributed by atoms with van der Waals surface area (Å²) in [5.74, 6) is -0.622. The van der Waals surface area contributed by atoms with Gasteiger partial charge in [0.05, 0.1) is 23.3 Å². The van der Waals surface area contributed by atoms with E-state index in [1.165, 1.54) is 16.9 Å². The maximum absolute atomic E-state index is 12.6. The number of hydrogen-bond acceptors (Lipinski definition) is 8. The maximum Gasteiger partial charge on any atom is 0.241 e. The van der Waals surface area contributed by atoms with Crippen molar-refractivity contribution in [2.45, 2.75) is 58.2 Å². The number of hydrogen-bond donors (Lipinski definition) is 6. The molecule has 0 spiro atoms. The number of carbonyl (C=O) groups excluding carboxylic acids is 1. The molecule has 2 atom stereocenters. The van der Waals surface area contributed by atoms with Crippen LogP contribution in [0, 0.1) is 0 Å². The zero-order valence-corrected chi connectivity index (χ0v) is 19.4. The predicted molar refractivity (Wildman–Crippen MR) is 120 cm³/mol. The number of aliphatic hydroxyl groups is 1. The minimum absolute atomic E-state index is 0.0501. The molecule has 0 saturated heterocycles. The first kappa shape index (κ1) is 25.1. The molecule has 31 heavy (non-hydrogen) atoms. The number of thiophene rings is 1. The molecule has 0 bridgehead atoms. The summed E-state index contributed by atoms with van der Waals surface area (Å²) < 4.78 is 26.4. The summed E-state index contributed by atoms with van der Waals surface area (Å²) in [7, 11) is -3.65. The molecule has 174 valence electrons. The third kappa shape index (κ3) is 7.80. The Morgan fingerprint density at radius 1 is 1.35 bits per heavy atom. The Labute approximate surface area is 186 Å². The van der Waals surface area contributed by atoms with E-state index >= 15 is 0 Å². The topological polar surface area (TPSA) is 166 Å². The number of oxime groups is 1. The Bertz CT molecular complexity index is 920.